The number of aromatic nitrogens is 1. The first-order chi connectivity index (χ1) is 6.70. The minimum absolute atomic E-state index is 0.466. The van der Waals surface area contributed by atoms with Gasteiger partial charge < -0.3 is 11.5 Å². The van der Waals surface area contributed by atoms with Crippen LogP contribution in [0, 0.1) is 0 Å². The Morgan fingerprint density at radius 1 is 1.14 bits per heavy atom. The summed E-state index contributed by atoms with van der Waals surface area (Å²) in [6, 6.07) is 0. The highest BCUT2D eigenvalue weighted by Gasteiger charge is 2.08. The fourth-order valence-electron chi connectivity index (χ4n) is 1.65. The van der Waals surface area contributed by atoms with Gasteiger partial charge in [0.2, 0.25) is 0 Å². The number of hydrogen-bond acceptors (Lipinski definition) is 3. The zero-order valence-electron chi connectivity index (χ0n) is 9.01. The third-order valence-electron chi connectivity index (χ3n) is 2.37. The van der Waals surface area contributed by atoms with E-state index in [1.54, 1.807) is 0 Å². The Balaban J connectivity index is 3.08. The summed E-state index contributed by atoms with van der Waals surface area (Å²) < 4.78 is 0. The molecule has 0 unspecified atom stereocenters. The number of hydrogen-bond donors (Lipinski definition) is 2. The molecule has 0 aliphatic heterocycles. The van der Waals surface area contributed by atoms with Crippen molar-refractivity contribution in [2.24, 2.45) is 0 Å². The molecule has 0 aliphatic rings. The maximum Gasteiger partial charge on any atom is 0.146 e. The van der Waals surface area contributed by atoms with Crippen molar-refractivity contribution in [2.45, 2.75) is 39.5 Å². The molecular weight excluding hydrogens is 174 g/mol. The van der Waals surface area contributed by atoms with Gasteiger partial charge in [-0.1, -0.05) is 26.7 Å². The molecule has 0 fully saturated rings. The van der Waals surface area contributed by atoms with Gasteiger partial charge in [0, 0.05) is 6.20 Å². The Morgan fingerprint density at radius 2 is 1.79 bits per heavy atom. The monoisotopic (exact) mass is 193 g/mol. The Morgan fingerprint density at radius 3 is 2.36 bits per heavy atom. The van der Waals surface area contributed by atoms with Crippen LogP contribution < -0.4 is 11.5 Å². The number of nitrogens with two attached hydrogens (primary N) is 2. The molecule has 0 amide bonds. The van der Waals surface area contributed by atoms with E-state index in [-0.39, 0.29) is 0 Å². The van der Waals surface area contributed by atoms with Gasteiger partial charge in [-0.3, -0.25) is 0 Å². The molecule has 0 aromatic carbocycles. The minimum Gasteiger partial charge on any atom is -0.396 e. The van der Waals surface area contributed by atoms with Crippen molar-refractivity contribution in [1.29, 1.82) is 0 Å². The maximum atomic E-state index is 5.91. The Bertz CT molecular complexity index is 308. The summed E-state index contributed by atoms with van der Waals surface area (Å²) in [7, 11) is 0. The molecule has 4 N–H and O–H groups in total. The highest BCUT2D eigenvalue weighted by molar-refractivity contribution is 5.64. The first kappa shape index (κ1) is 10.8. The van der Waals surface area contributed by atoms with Crippen molar-refractivity contribution in [1.82, 2.24) is 4.98 Å². The lowest BCUT2D eigenvalue weighted by atomic mass is 10.00. The van der Waals surface area contributed by atoms with E-state index < -0.39 is 0 Å². The highest BCUT2D eigenvalue weighted by Crippen LogP contribution is 2.23. The minimum atomic E-state index is 0.466. The summed E-state index contributed by atoms with van der Waals surface area (Å²) in [6.07, 6.45) is 6.09. The van der Waals surface area contributed by atoms with E-state index >= 15 is 0 Å². The van der Waals surface area contributed by atoms with E-state index in [0.29, 0.717) is 11.5 Å². The van der Waals surface area contributed by atoms with Crippen LogP contribution in [0.25, 0.3) is 0 Å². The van der Waals surface area contributed by atoms with Crippen LogP contribution in [-0.2, 0) is 12.8 Å². The zero-order valence-corrected chi connectivity index (χ0v) is 9.01. The quantitative estimate of drug-likeness (QED) is 0.770. The SMILES string of the molecule is CCCc1cnc(N)c(N)c1CCC. The molecule has 78 valence electrons. The molecule has 0 radical (unpaired) electrons. The zero-order chi connectivity index (χ0) is 10.6. The van der Waals surface area contributed by atoms with Gasteiger partial charge in [-0.05, 0) is 24.0 Å². The summed E-state index contributed by atoms with van der Waals surface area (Å²) in [4.78, 5) is 4.09. The summed E-state index contributed by atoms with van der Waals surface area (Å²) in [6.45, 7) is 4.30. The molecule has 14 heavy (non-hydrogen) atoms. The van der Waals surface area contributed by atoms with Gasteiger partial charge in [0.25, 0.3) is 0 Å². The molecule has 3 nitrogen and oxygen atoms in total. The Hall–Kier alpha value is -1.25. The van der Waals surface area contributed by atoms with Gasteiger partial charge in [-0.2, -0.15) is 0 Å². The van der Waals surface area contributed by atoms with Crippen LogP contribution in [0.15, 0.2) is 6.20 Å². The lowest BCUT2D eigenvalue weighted by Gasteiger charge is -2.12. The Kier molecular flexibility index (Phi) is 3.74. The normalized spacial score (nSPS) is 10.4. The first-order valence-corrected chi connectivity index (χ1v) is 5.22. The van der Waals surface area contributed by atoms with Crippen LogP contribution in [0.3, 0.4) is 0 Å². The van der Waals surface area contributed by atoms with Gasteiger partial charge in [0.15, 0.2) is 0 Å². The number of nitrogens with zero attached hydrogens (tertiary/aromatic N) is 1. The van der Waals surface area contributed by atoms with Crippen LogP contribution in [0.5, 0.6) is 0 Å². The fraction of sp³-hybridized carbons (Fsp3) is 0.545. The van der Waals surface area contributed by atoms with Gasteiger partial charge in [0.05, 0.1) is 5.69 Å². The molecule has 0 aliphatic carbocycles. The number of nitrogen functional groups attached to an aromatic ring is 2. The molecule has 0 spiro atoms. The van der Waals surface area contributed by atoms with E-state index in [4.69, 9.17) is 11.5 Å². The van der Waals surface area contributed by atoms with Crippen molar-refractivity contribution in [3.8, 4) is 0 Å². The second-order valence-electron chi connectivity index (χ2n) is 3.56. The van der Waals surface area contributed by atoms with E-state index in [2.05, 4.69) is 18.8 Å². The molecule has 1 aromatic rings. The highest BCUT2D eigenvalue weighted by atomic mass is 14.9. The average molecular weight is 193 g/mol. The predicted molar refractivity (Wildman–Crippen MR) is 61.1 cm³/mol. The average Bonchev–Trinajstić information content (AvgIpc) is 2.18. The van der Waals surface area contributed by atoms with E-state index in [1.165, 1.54) is 11.1 Å². The van der Waals surface area contributed by atoms with Crippen molar-refractivity contribution in [3.05, 3.63) is 17.3 Å². The number of anilines is 2. The lowest BCUT2D eigenvalue weighted by Crippen LogP contribution is -2.06. The van der Waals surface area contributed by atoms with Crippen LogP contribution in [-0.4, -0.2) is 4.98 Å². The molecule has 1 rings (SSSR count). The van der Waals surface area contributed by atoms with Crippen LogP contribution in [0.1, 0.15) is 37.8 Å². The summed E-state index contributed by atoms with van der Waals surface area (Å²) in [5.41, 5.74) is 14.7. The third-order valence-corrected chi connectivity index (χ3v) is 2.37. The maximum absolute atomic E-state index is 5.91. The number of pyridine rings is 1. The molecule has 1 aromatic heterocycles. The van der Waals surface area contributed by atoms with Gasteiger partial charge >= 0.3 is 0 Å². The standard InChI is InChI=1S/C11H19N3/c1-3-5-8-7-14-11(13)10(12)9(8)6-4-2/h7H,3-6,12H2,1-2H3,(H2,13,14). The third kappa shape index (κ3) is 2.16. The molecule has 3 heteroatoms. The van der Waals surface area contributed by atoms with Crippen molar-refractivity contribution in [2.75, 3.05) is 11.5 Å². The molecule has 0 saturated carbocycles. The van der Waals surface area contributed by atoms with E-state index in [1.807, 2.05) is 6.20 Å². The number of rotatable bonds is 4. The first-order valence-electron chi connectivity index (χ1n) is 5.22. The summed E-state index contributed by atoms with van der Waals surface area (Å²) in [5.74, 6) is 0.466. The van der Waals surface area contributed by atoms with Crippen LogP contribution >= 0.6 is 0 Å². The second kappa shape index (κ2) is 4.84. The Labute approximate surface area is 85.5 Å². The van der Waals surface area contributed by atoms with Gasteiger partial charge in [-0.15, -0.1) is 0 Å². The van der Waals surface area contributed by atoms with E-state index in [0.717, 1.165) is 25.7 Å². The smallest absolute Gasteiger partial charge is 0.146 e. The topological polar surface area (TPSA) is 64.9 Å². The van der Waals surface area contributed by atoms with Crippen molar-refractivity contribution < 1.29 is 0 Å². The molecule has 0 saturated heterocycles. The predicted octanol–water partition coefficient (Wildman–Crippen LogP) is 2.15. The number of aryl methyl sites for hydroxylation is 1. The molecule has 1 heterocycles. The largest absolute Gasteiger partial charge is 0.396 e. The second-order valence-corrected chi connectivity index (χ2v) is 3.56. The fourth-order valence-corrected chi connectivity index (χ4v) is 1.65. The molecule has 0 bridgehead atoms. The molecular formula is C11H19N3. The molecule has 0 atom stereocenters. The van der Waals surface area contributed by atoms with Gasteiger partial charge in [0.1, 0.15) is 5.82 Å². The van der Waals surface area contributed by atoms with Crippen LogP contribution in [0.4, 0.5) is 11.5 Å². The van der Waals surface area contributed by atoms with Crippen molar-refractivity contribution >= 4 is 11.5 Å². The summed E-state index contributed by atoms with van der Waals surface area (Å²) in [5, 5.41) is 0. The van der Waals surface area contributed by atoms with E-state index in [9.17, 15) is 0 Å². The van der Waals surface area contributed by atoms with Crippen molar-refractivity contribution in [3.63, 3.8) is 0 Å². The summed E-state index contributed by atoms with van der Waals surface area (Å²) >= 11 is 0. The van der Waals surface area contributed by atoms with Gasteiger partial charge in [-0.25, -0.2) is 4.98 Å². The van der Waals surface area contributed by atoms with Crippen LogP contribution in [0.2, 0.25) is 0 Å². The lowest BCUT2D eigenvalue weighted by molar-refractivity contribution is 0.857.